The maximum absolute atomic E-state index is 6.17. The van der Waals surface area contributed by atoms with E-state index in [1.54, 1.807) is 0 Å². The van der Waals surface area contributed by atoms with Gasteiger partial charge < -0.3 is 10.1 Å². The number of hydrogen-bond donors (Lipinski definition) is 1. The van der Waals surface area contributed by atoms with E-state index < -0.39 is 0 Å². The van der Waals surface area contributed by atoms with E-state index in [9.17, 15) is 0 Å². The Morgan fingerprint density at radius 2 is 2.17 bits per heavy atom. The minimum Gasteiger partial charge on any atom is -0.381 e. The largest absolute Gasteiger partial charge is 0.381 e. The molecule has 2 nitrogen and oxygen atoms in total. The molecule has 0 aromatic heterocycles. The maximum Gasteiger partial charge on any atom is 0.0595 e. The van der Waals surface area contributed by atoms with Gasteiger partial charge in [-0.2, -0.15) is 0 Å². The molecule has 1 aromatic rings. The quantitative estimate of drug-likeness (QED) is 0.901. The van der Waals surface area contributed by atoms with Crippen LogP contribution in [0.5, 0.6) is 0 Å². The Balaban J connectivity index is 1.99. The van der Waals surface area contributed by atoms with Crippen molar-refractivity contribution >= 4 is 23.2 Å². The van der Waals surface area contributed by atoms with Gasteiger partial charge in [0.1, 0.15) is 0 Å². The van der Waals surface area contributed by atoms with Crippen LogP contribution < -0.4 is 5.32 Å². The van der Waals surface area contributed by atoms with Crippen molar-refractivity contribution in [1.82, 2.24) is 5.32 Å². The van der Waals surface area contributed by atoms with E-state index in [0.29, 0.717) is 22.1 Å². The van der Waals surface area contributed by atoms with Crippen molar-refractivity contribution in [2.45, 2.75) is 24.4 Å². The van der Waals surface area contributed by atoms with Crippen LogP contribution in [0.25, 0.3) is 0 Å². The maximum atomic E-state index is 6.17. The highest BCUT2D eigenvalue weighted by molar-refractivity contribution is 6.42. The molecule has 4 heteroatoms. The van der Waals surface area contributed by atoms with Gasteiger partial charge in [-0.15, -0.1) is 0 Å². The number of fused-ring (bicyclic) bond motifs is 1. The van der Waals surface area contributed by atoms with Crippen LogP contribution in [0.15, 0.2) is 18.2 Å². The van der Waals surface area contributed by atoms with Gasteiger partial charge in [0, 0.05) is 19.1 Å². The second-order valence-electron chi connectivity index (χ2n) is 5.41. The summed E-state index contributed by atoms with van der Waals surface area (Å²) in [5.41, 5.74) is 1.47. The van der Waals surface area contributed by atoms with Crippen LogP contribution in [0.4, 0.5) is 0 Å². The molecule has 1 unspecified atom stereocenters. The Bertz CT molecular complexity index is 465. The van der Waals surface area contributed by atoms with Crippen LogP contribution in [0.1, 0.15) is 18.4 Å². The number of benzene rings is 1. The van der Waals surface area contributed by atoms with Crippen LogP contribution in [0, 0.1) is 5.92 Å². The molecule has 1 aliphatic carbocycles. The van der Waals surface area contributed by atoms with E-state index in [1.165, 1.54) is 5.56 Å². The molecule has 1 aliphatic heterocycles. The Hall–Kier alpha value is -0.280. The molecule has 0 amide bonds. The van der Waals surface area contributed by atoms with E-state index >= 15 is 0 Å². The first-order valence-corrected chi connectivity index (χ1v) is 7.10. The summed E-state index contributed by atoms with van der Waals surface area (Å²) < 4.78 is 5.56. The monoisotopic (exact) mass is 285 g/mol. The molecular weight excluding hydrogens is 269 g/mol. The first-order valence-electron chi connectivity index (χ1n) is 6.35. The Morgan fingerprint density at radius 3 is 2.89 bits per heavy atom. The van der Waals surface area contributed by atoms with Crippen molar-refractivity contribution in [2.24, 2.45) is 5.92 Å². The third kappa shape index (κ3) is 1.87. The van der Waals surface area contributed by atoms with Gasteiger partial charge in [0.15, 0.2) is 0 Å². The Labute approximate surface area is 118 Å². The number of methoxy groups -OCH3 is 1. The normalized spacial score (nSPS) is 34.8. The van der Waals surface area contributed by atoms with Crippen LogP contribution >= 0.6 is 23.2 Å². The molecule has 1 saturated carbocycles. The average Bonchev–Trinajstić information content (AvgIpc) is 2.89. The third-order valence-corrected chi connectivity index (χ3v) is 5.32. The van der Waals surface area contributed by atoms with Gasteiger partial charge in [0.05, 0.1) is 16.1 Å². The smallest absolute Gasteiger partial charge is 0.0595 e. The summed E-state index contributed by atoms with van der Waals surface area (Å²) >= 11 is 12.2. The molecule has 2 fully saturated rings. The van der Waals surface area contributed by atoms with Crippen LogP contribution in [0.3, 0.4) is 0 Å². The molecule has 2 aliphatic rings. The van der Waals surface area contributed by atoms with E-state index in [2.05, 4.69) is 11.4 Å². The third-order valence-electron chi connectivity index (χ3n) is 4.58. The van der Waals surface area contributed by atoms with Crippen molar-refractivity contribution in [3.05, 3.63) is 33.8 Å². The summed E-state index contributed by atoms with van der Waals surface area (Å²) in [5.74, 6) is 0.639. The molecule has 0 radical (unpaired) electrons. The topological polar surface area (TPSA) is 21.3 Å². The van der Waals surface area contributed by atoms with Gasteiger partial charge in [-0.3, -0.25) is 0 Å². The minimum atomic E-state index is 0.176. The molecular formula is C14H17Cl2NO. The van der Waals surface area contributed by atoms with Crippen molar-refractivity contribution in [3.8, 4) is 0 Å². The van der Waals surface area contributed by atoms with Crippen molar-refractivity contribution < 1.29 is 4.74 Å². The van der Waals surface area contributed by atoms with Gasteiger partial charge in [-0.05, 0) is 43.0 Å². The average molecular weight is 286 g/mol. The van der Waals surface area contributed by atoms with Crippen molar-refractivity contribution in [2.75, 3.05) is 20.2 Å². The molecule has 98 valence electrons. The highest BCUT2D eigenvalue weighted by Gasteiger charge is 2.51. The summed E-state index contributed by atoms with van der Waals surface area (Å²) in [6.45, 7) is 2.08. The lowest BCUT2D eigenvalue weighted by atomic mass is 9.74. The number of ether oxygens (including phenoxy) is 1. The van der Waals surface area contributed by atoms with Gasteiger partial charge in [-0.25, -0.2) is 0 Å². The van der Waals surface area contributed by atoms with Gasteiger partial charge in [-0.1, -0.05) is 29.3 Å². The summed E-state index contributed by atoms with van der Waals surface area (Å²) in [5, 5.41) is 4.78. The number of hydrogen-bond acceptors (Lipinski definition) is 2. The summed E-state index contributed by atoms with van der Waals surface area (Å²) in [7, 11) is 1.81. The molecule has 0 spiro atoms. The fourth-order valence-corrected chi connectivity index (χ4v) is 3.90. The predicted molar refractivity (Wildman–Crippen MR) is 74.5 cm³/mol. The number of rotatable bonds is 2. The molecule has 3 rings (SSSR count). The SMILES string of the molecule is COC1C[C@@H]2CNC[C@]2(c2ccc(Cl)c(Cl)c2)C1. The molecule has 1 heterocycles. The lowest BCUT2D eigenvalue weighted by molar-refractivity contribution is 0.100. The predicted octanol–water partition coefficient (Wildman–Crippen LogP) is 3.26. The summed E-state index contributed by atoms with van der Waals surface area (Å²) in [4.78, 5) is 0. The number of nitrogens with one attached hydrogen (secondary N) is 1. The zero-order valence-electron chi connectivity index (χ0n) is 10.4. The zero-order chi connectivity index (χ0) is 12.8. The lowest BCUT2D eigenvalue weighted by Gasteiger charge is -2.29. The van der Waals surface area contributed by atoms with E-state index in [0.717, 1.165) is 25.9 Å². The minimum absolute atomic E-state index is 0.176. The standard InChI is InChI=1S/C14H17Cl2NO/c1-18-11-4-10-7-17-8-14(10,6-11)9-2-3-12(15)13(16)5-9/h2-3,5,10-11,17H,4,6-8H2,1H3/t10-,11?,14+/m1/s1. The van der Waals surface area contributed by atoms with Gasteiger partial charge in [0.25, 0.3) is 0 Å². The fraction of sp³-hybridized carbons (Fsp3) is 0.571. The first-order chi connectivity index (χ1) is 8.65. The lowest BCUT2D eigenvalue weighted by Crippen LogP contribution is -2.31. The number of halogens is 2. The van der Waals surface area contributed by atoms with Crippen LogP contribution in [0.2, 0.25) is 10.0 Å². The molecule has 18 heavy (non-hydrogen) atoms. The fourth-order valence-electron chi connectivity index (χ4n) is 3.60. The van der Waals surface area contributed by atoms with Crippen molar-refractivity contribution in [3.63, 3.8) is 0 Å². The zero-order valence-corrected chi connectivity index (χ0v) is 11.9. The van der Waals surface area contributed by atoms with Crippen molar-refractivity contribution in [1.29, 1.82) is 0 Å². The summed E-state index contributed by atoms with van der Waals surface area (Å²) in [6.07, 6.45) is 2.56. The Kier molecular flexibility index (Phi) is 3.31. The van der Waals surface area contributed by atoms with Gasteiger partial charge >= 0.3 is 0 Å². The highest BCUT2D eigenvalue weighted by atomic mass is 35.5. The Morgan fingerprint density at radius 1 is 1.33 bits per heavy atom. The second-order valence-corrected chi connectivity index (χ2v) is 6.22. The summed E-state index contributed by atoms with van der Waals surface area (Å²) in [6, 6.07) is 6.05. The van der Waals surface area contributed by atoms with E-state index in [-0.39, 0.29) is 5.41 Å². The second kappa shape index (κ2) is 4.68. The van der Waals surface area contributed by atoms with E-state index in [4.69, 9.17) is 27.9 Å². The first kappa shape index (κ1) is 12.7. The van der Waals surface area contributed by atoms with Gasteiger partial charge in [0.2, 0.25) is 0 Å². The van der Waals surface area contributed by atoms with Crippen LogP contribution in [-0.4, -0.2) is 26.3 Å². The molecule has 1 aromatic carbocycles. The molecule has 0 bridgehead atoms. The molecule has 1 saturated heterocycles. The molecule has 3 atom stereocenters. The molecule has 1 N–H and O–H groups in total. The highest BCUT2D eigenvalue weighted by Crippen LogP contribution is 2.49. The van der Waals surface area contributed by atoms with Crippen LogP contribution in [-0.2, 0) is 10.2 Å². The van der Waals surface area contributed by atoms with E-state index in [1.807, 2.05) is 19.2 Å².